The van der Waals surface area contributed by atoms with Gasteiger partial charge in [0.2, 0.25) is 0 Å². The van der Waals surface area contributed by atoms with E-state index in [4.69, 9.17) is 16.3 Å². The van der Waals surface area contributed by atoms with Gasteiger partial charge in [0, 0.05) is 24.0 Å². The topological polar surface area (TPSA) is 64.1 Å². The average Bonchev–Trinajstić information content (AvgIpc) is 2.50. The second-order valence-electron chi connectivity index (χ2n) is 5.32. The van der Waals surface area contributed by atoms with E-state index < -0.39 is 5.60 Å². The molecule has 1 aromatic heterocycles. The van der Waals surface area contributed by atoms with Gasteiger partial charge in [-0.3, -0.25) is 4.79 Å². The van der Waals surface area contributed by atoms with Crippen molar-refractivity contribution in [2.75, 3.05) is 6.54 Å². The summed E-state index contributed by atoms with van der Waals surface area (Å²) in [6.45, 7) is 3.95. The largest absolute Gasteiger partial charge is 0.478 e. The van der Waals surface area contributed by atoms with Gasteiger partial charge in [-0.2, -0.15) is 0 Å². The van der Waals surface area contributed by atoms with Crippen LogP contribution in [0.4, 0.5) is 0 Å². The zero-order valence-electron chi connectivity index (χ0n) is 12.5. The Morgan fingerprint density at radius 3 is 2.50 bits per heavy atom. The minimum atomic E-state index is -0.971. The van der Waals surface area contributed by atoms with Crippen LogP contribution in [0.25, 0.3) is 0 Å². The van der Waals surface area contributed by atoms with E-state index in [1.807, 2.05) is 0 Å². The van der Waals surface area contributed by atoms with Crippen molar-refractivity contribution in [3.8, 4) is 5.75 Å². The van der Waals surface area contributed by atoms with Crippen LogP contribution in [0.15, 0.2) is 43.0 Å². The third-order valence-electron chi connectivity index (χ3n) is 3.05. The maximum Gasteiger partial charge on any atom is 0.263 e. The number of halogens is 1. The van der Waals surface area contributed by atoms with E-state index in [0.29, 0.717) is 23.7 Å². The van der Waals surface area contributed by atoms with E-state index in [-0.39, 0.29) is 5.91 Å². The first-order chi connectivity index (χ1) is 10.5. The first-order valence-corrected chi connectivity index (χ1v) is 7.32. The van der Waals surface area contributed by atoms with E-state index in [2.05, 4.69) is 15.3 Å². The molecule has 0 radical (unpaired) electrons. The molecule has 1 aromatic carbocycles. The van der Waals surface area contributed by atoms with Crippen molar-refractivity contribution >= 4 is 17.5 Å². The van der Waals surface area contributed by atoms with E-state index in [0.717, 1.165) is 5.56 Å². The van der Waals surface area contributed by atoms with Gasteiger partial charge in [-0.05, 0) is 50.1 Å². The molecule has 0 aliphatic heterocycles. The van der Waals surface area contributed by atoms with Crippen molar-refractivity contribution in [2.45, 2.75) is 25.9 Å². The third kappa shape index (κ3) is 4.70. The van der Waals surface area contributed by atoms with Gasteiger partial charge in [0.25, 0.3) is 5.91 Å². The Morgan fingerprint density at radius 2 is 1.86 bits per heavy atom. The lowest BCUT2D eigenvalue weighted by Gasteiger charge is -2.25. The average molecular weight is 320 g/mol. The summed E-state index contributed by atoms with van der Waals surface area (Å²) in [4.78, 5) is 20.1. The highest BCUT2D eigenvalue weighted by Gasteiger charge is 2.29. The fourth-order valence-electron chi connectivity index (χ4n) is 1.84. The lowest BCUT2D eigenvalue weighted by atomic mass is 10.1. The van der Waals surface area contributed by atoms with Crippen molar-refractivity contribution < 1.29 is 9.53 Å². The number of carbonyl (C=O) groups excluding carboxylic acids is 1. The van der Waals surface area contributed by atoms with Crippen LogP contribution in [0.3, 0.4) is 0 Å². The summed E-state index contributed by atoms with van der Waals surface area (Å²) in [6.07, 6.45) is 5.61. The fourth-order valence-corrected chi connectivity index (χ4v) is 1.96. The maximum atomic E-state index is 12.2. The Morgan fingerprint density at radius 1 is 1.23 bits per heavy atom. The van der Waals surface area contributed by atoms with Gasteiger partial charge in [0.15, 0.2) is 5.60 Å². The van der Waals surface area contributed by atoms with Crippen LogP contribution in [0, 0.1) is 0 Å². The molecule has 1 amide bonds. The number of carbonyl (C=O) groups is 1. The Balaban J connectivity index is 1.86. The molecule has 0 aliphatic carbocycles. The van der Waals surface area contributed by atoms with Gasteiger partial charge >= 0.3 is 0 Å². The molecule has 2 aromatic rings. The number of rotatable bonds is 6. The predicted octanol–water partition coefficient (Wildman–Crippen LogP) is 2.65. The number of nitrogens with one attached hydrogen (secondary N) is 1. The van der Waals surface area contributed by atoms with Crippen LogP contribution in [-0.4, -0.2) is 28.0 Å². The molecule has 1 heterocycles. The number of ether oxygens (including phenoxy) is 1. The van der Waals surface area contributed by atoms with E-state index in [1.165, 1.54) is 6.33 Å². The Bertz CT molecular complexity index is 615. The molecule has 0 bridgehead atoms. The molecule has 1 N–H and O–H groups in total. The van der Waals surface area contributed by atoms with Crippen molar-refractivity contribution in [2.24, 2.45) is 0 Å². The first-order valence-electron chi connectivity index (χ1n) is 6.94. The minimum absolute atomic E-state index is 0.181. The first kappa shape index (κ1) is 16.2. The highest BCUT2D eigenvalue weighted by molar-refractivity contribution is 6.30. The van der Waals surface area contributed by atoms with Crippen LogP contribution in [0.5, 0.6) is 5.75 Å². The summed E-state index contributed by atoms with van der Waals surface area (Å²) >= 11 is 5.83. The number of hydrogen-bond donors (Lipinski definition) is 1. The molecule has 0 aliphatic rings. The molecule has 116 valence electrons. The van der Waals surface area contributed by atoms with Gasteiger partial charge < -0.3 is 10.1 Å². The normalized spacial score (nSPS) is 11.0. The summed E-state index contributed by atoms with van der Waals surface area (Å²) in [5, 5.41) is 3.48. The zero-order chi connectivity index (χ0) is 16.0. The summed E-state index contributed by atoms with van der Waals surface area (Å²) in [6, 6.07) is 6.91. The van der Waals surface area contributed by atoms with Crippen LogP contribution >= 0.6 is 11.6 Å². The highest BCUT2D eigenvalue weighted by Crippen LogP contribution is 2.20. The van der Waals surface area contributed by atoms with Crippen LogP contribution < -0.4 is 10.1 Å². The summed E-state index contributed by atoms with van der Waals surface area (Å²) in [5.74, 6) is 0.417. The second kappa shape index (κ2) is 7.22. The predicted molar refractivity (Wildman–Crippen MR) is 84.9 cm³/mol. The SMILES string of the molecule is CC(C)(Oc1ccc(Cl)cc1)C(=O)NCCc1cncnc1. The van der Waals surface area contributed by atoms with Gasteiger partial charge in [0.1, 0.15) is 12.1 Å². The number of amides is 1. The molecular formula is C16H18ClN3O2. The Kier molecular flexibility index (Phi) is 5.33. The fraction of sp³-hybridized carbons (Fsp3) is 0.312. The van der Waals surface area contributed by atoms with Crippen LogP contribution in [0.2, 0.25) is 5.02 Å². The van der Waals surface area contributed by atoms with E-state index >= 15 is 0 Å². The maximum absolute atomic E-state index is 12.2. The van der Waals surface area contributed by atoms with Crippen molar-refractivity contribution in [3.63, 3.8) is 0 Å². The number of nitrogens with zero attached hydrogens (tertiary/aromatic N) is 2. The van der Waals surface area contributed by atoms with Gasteiger partial charge in [-0.25, -0.2) is 9.97 Å². The molecule has 0 spiro atoms. The summed E-state index contributed by atoms with van der Waals surface area (Å²) in [5.41, 5.74) is 0.000292. The Labute approximate surface area is 134 Å². The minimum Gasteiger partial charge on any atom is -0.478 e. The summed E-state index contributed by atoms with van der Waals surface area (Å²) < 4.78 is 5.73. The Hall–Kier alpha value is -2.14. The van der Waals surface area contributed by atoms with Gasteiger partial charge in [0.05, 0.1) is 0 Å². The highest BCUT2D eigenvalue weighted by atomic mass is 35.5. The molecule has 2 rings (SSSR count). The van der Waals surface area contributed by atoms with Crippen molar-refractivity contribution in [1.29, 1.82) is 0 Å². The van der Waals surface area contributed by atoms with Gasteiger partial charge in [-0.1, -0.05) is 11.6 Å². The number of hydrogen-bond acceptors (Lipinski definition) is 4. The van der Waals surface area contributed by atoms with E-state index in [1.54, 1.807) is 50.5 Å². The van der Waals surface area contributed by atoms with Crippen LogP contribution in [0.1, 0.15) is 19.4 Å². The monoisotopic (exact) mass is 319 g/mol. The molecular weight excluding hydrogens is 302 g/mol. The summed E-state index contributed by atoms with van der Waals surface area (Å²) in [7, 11) is 0. The molecule has 6 heteroatoms. The number of benzene rings is 1. The molecule has 0 fully saturated rings. The van der Waals surface area contributed by atoms with Crippen LogP contribution in [-0.2, 0) is 11.2 Å². The molecule has 0 saturated carbocycles. The second-order valence-corrected chi connectivity index (χ2v) is 5.76. The standard InChI is InChI=1S/C16H18ClN3O2/c1-16(2,22-14-5-3-13(17)4-6-14)15(21)20-8-7-12-9-18-11-19-10-12/h3-6,9-11H,7-8H2,1-2H3,(H,20,21). The smallest absolute Gasteiger partial charge is 0.263 e. The third-order valence-corrected chi connectivity index (χ3v) is 3.30. The lowest BCUT2D eigenvalue weighted by molar-refractivity contribution is -0.134. The number of aromatic nitrogens is 2. The molecule has 0 unspecified atom stereocenters. The molecule has 0 saturated heterocycles. The molecule has 0 atom stereocenters. The molecule has 22 heavy (non-hydrogen) atoms. The van der Waals surface area contributed by atoms with E-state index in [9.17, 15) is 4.79 Å². The van der Waals surface area contributed by atoms with Crippen molar-refractivity contribution in [1.82, 2.24) is 15.3 Å². The lowest BCUT2D eigenvalue weighted by Crippen LogP contribution is -2.47. The van der Waals surface area contributed by atoms with Gasteiger partial charge in [-0.15, -0.1) is 0 Å². The van der Waals surface area contributed by atoms with Crippen molar-refractivity contribution in [3.05, 3.63) is 53.6 Å². The quantitative estimate of drug-likeness (QED) is 0.889. The molecule has 5 nitrogen and oxygen atoms in total. The zero-order valence-corrected chi connectivity index (χ0v) is 13.3.